The van der Waals surface area contributed by atoms with Gasteiger partial charge in [0.2, 0.25) is 0 Å². The minimum atomic E-state index is -0.788. The zero-order valence-corrected chi connectivity index (χ0v) is 17.0. The summed E-state index contributed by atoms with van der Waals surface area (Å²) >= 11 is 12.3. The molecule has 0 aromatic heterocycles. The molecule has 0 radical (unpaired) electrons. The Kier molecular flexibility index (Phi) is 5.63. The van der Waals surface area contributed by atoms with Crippen molar-refractivity contribution in [2.75, 3.05) is 13.2 Å². The highest BCUT2D eigenvalue weighted by Gasteiger charge is 2.47. The Morgan fingerprint density at radius 2 is 1.83 bits per heavy atom. The average Bonchev–Trinajstić information content (AvgIpc) is 3.31. The molecule has 2 aliphatic rings. The average molecular weight is 432 g/mol. The molecule has 0 unspecified atom stereocenters. The van der Waals surface area contributed by atoms with Crippen molar-refractivity contribution in [2.45, 2.75) is 25.0 Å². The second kappa shape index (κ2) is 8.19. The van der Waals surface area contributed by atoms with Crippen LogP contribution in [0.4, 0.5) is 0 Å². The van der Waals surface area contributed by atoms with E-state index in [9.17, 15) is 14.7 Å². The monoisotopic (exact) mass is 431 g/mol. The number of nitrogens with zero attached hydrogens (tertiary/aromatic N) is 1. The van der Waals surface area contributed by atoms with Gasteiger partial charge in [-0.3, -0.25) is 9.59 Å². The first-order valence-corrected chi connectivity index (χ1v) is 10.1. The molecule has 2 aromatic rings. The Bertz CT molecular complexity index is 981. The van der Waals surface area contributed by atoms with E-state index in [1.165, 1.54) is 4.90 Å². The summed E-state index contributed by atoms with van der Waals surface area (Å²) in [7, 11) is 0. The van der Waals surface area contributed by atoms with E-state index in [-0.39, 0.29) is 24.0 Å². The Morgan fingerprint density at radius 3 is 2.48 bits per heavy atom. The first-order chi connectivity index (χ1) is 14.0. The number of amides is 1. The maximum atomic E-state index is 12.9. The quantitative estimate of drug-likeness (QED) is 0.436. The van der Waals surface area contributed by atoms with Crippen LogP contribution in [0.15, 0.2) is 54.1 Å². The molecule has 0 aliphatic carbocycles. The van der Waals surface area contributed by atoms with Crippen molar-refractivity contribution in [2.24, 2.45) is 0 Å². The molecule has 150 valence electrons. The first kappa shape index (κ1) is 20.0. The van der Waals surface area contributed by atoms with E-state index in [1.54, 1.807) is 48.5 Å². The second-order valence-corrected chi connectivity index (χ2v) is 7.96. The molecule has 2 fully saturated rings. The summed E-state index contributed by atoms with van der Waals surface area (Å²) in [6.07, 6.45) is 1.58. The van der Waals surface area contributed by atoms with Crippen molar-refractivity contribution < 1.29 is 19.4 Å². The summed E-state index contributed by atoms with van der Waals surface area (Å²) in [5.74, 6) is -1.65. The van der Waals surface area contributed by atoms with Crippen LogP contribution in [-0.2, 0) is 14.3 Å². The Hall–Kier alpha value is -2.34. The molecule has 2 aromatic carbocycles. The number of rotatable bonds is 4. The second-order valence-electron chi connectivity index (χ2n) is 7.11. The fraction of sp³-hybridized carbons (Fsp3) is 0.273. The highest BCUT2D eigenvalue weighted by Crippen LogP contribution is 2.42. The van der Waals surface area contributed by atoms with Gasteiger partial charge in [-0.2, -0.15) is 0 Å². The zero-order valence-electron chi connectivity index (χ0n) is 15.5. The first-order valence-electron chi connectivity index (χ1n) is 9.37. The number of benzene rings is 2. The lowest BCUT2D eigenvalue weighted by Gasteiger charge is -2.28. The van der Waals surface area contributed by atoms with Crippen molar-refractivity contribution in [1.29, 1.82) is 0 Å². The van der Waals surface area contributed by atoms with Crippen LogP contribution in [-0.4, -0.2) is 41.0 Å². The van der Waals surface area contributed by atoms with E-state index in [4.69, 9.17) is 27.9 Å². The lowest BCUT2D eigenvalue weighted by molar-refractivity contribution is -0.140. The van der Waals surface area contributed by atoms with Crippen molar-refractivity contribution in [3.63, 3.8) is 0 Å². The topological polar surface area (TPSA) is 66.8 Å². The van der Waals surface area contributed by atoms with Gasteiger partial charge in [-0.15, -0.1) is 0 Å². The molecule has 2 atom stereocenters. The summed E-state index contributed by atoms with van der Waals surface area (Å²) in [5, 5.41) is 11.9. The number of ketones is 1. The number of carbonyl (C=O) groups is 2. The van der Waals surface area contributed by atoms with E-state index < -0.39 is 17.7 Å². The van der Waals surface area contributed by atoms with Gasteiger partial charge in [0.15, 0.2) is 0 Å². The van der Waals surface area contributed by atoms with Gasteiger partial charge in [0.1, 0.15) is 5.76 Å². The van der Waals surface area contributed by atoms with Gasteiger partial charge >= 0.3 is 0 Å². The number of hydrogen-bond acceptors (Lipinski definition) is 4. The minimum absolute atomic E-state index is 0.0171. The van der Waals surface area contributed by atoms with Gasteiger partial charge in [0.25, 0.3) is 11.7 Å². The normalized spacial score (nSPS) is 23.7. The molecule has 0 saturated carbocycles. The molecule has 7 heteroatoms. The molecule has 29 heavy (non-hydrogen) atoms. The van der Waals surface area contributed by atoms with E-state index in [2.05, 4.69) is 0 Å². The fourth-order valence-corrected chi connectivity index (χ4v) is 4.22. The summed E-state index contributed by atoms with van der Waals surface area (Å²) in [6.45, 7) is 0.897. The highest BCUT2D eigenvalue weighted by molar-refractivity contribution is 6.47. The van der Waals surface area contributed by atoms with Gasteiger partial charge in [-0.1, -0.05) is 41.4 Å². The number of aliphatic hydroxyl groups is 1. The molecule has 2 saturated heterocycles. The predicted octanol–water partition coefficient (Wildman–Crippen LogP) is 4.59. The minimum Gasteiger partial charge on any atom is -0.507 e. The van der Waals surface area contributed by atoms with Crippen molar-refractivity contribution in [1.82, 2.24) is 4.90 Å². The summed E-state index contributed by atoms with van der Waals surface area (Å²) < 4.78 is 5.68. The smallest absolute Gasteiger partial charge is 0.295 e. The Balaban J connectivity index is 1.84. The maximum Gasteiger partial charge on any atom is 0.295 e. The van der Waals surface area contributed by atoms with E-state index in [1.807, 2.05) is 0 Å². The van der Waals surface area contributed by atoms with E-state index in [0.717, 1.165) is 12.8 Å². The van der Waals surface area contributed by atoms with Crippen LogP contribution in [0.1, 0.15) is 30.0 Å². The molecule has 1 N–H and O–H groups in total. The zero-order chi connectivity index (χ0) is 20.5. The number of Topliss-reactive ketones (excluding diaryl/α,β-unsaturated/α-hetero) is 1. The van der Waals surface area contributed by atoms with Crippen LogP contribution in [0.3, 0.4) is 0 Å². The van der Waals surface area contributed by atoms with Crippen LogP contribution in [0, 0.1) is 0 Å². The molecule has 4 rings (SSSR count). The number of halogens is 2. The number of likely N-dealkylation sites (tertiary alicyclic amines) is 1. The van der Waals surface area contributed by atoms with Gasteiger partial charge in [-0.25, -0.2) is 0 Å². The summed E-state index contributed by atoms with van der Waals surface area (Å²) in [4.78, 5) is 27.3. The van der Waals surface area contributed by atoms with Crippen LogP contribution in [0.2, 0.25) is 10.0 Å². The highest BCUT2D eigenvalue weighted by atomic mass is 35.5. The van der Waals surface area contributed by atoms with Crippen LogP contribution >= 0.6 is 23.2 Å². The largest absolute Gasteiger partial charge is 0.507 e. The molecule has 0 bridgehead atoms. The molecular formula is C22H19Cl2NO4. The number of ether oxygens (including phenoxy) is 1. The summed E-state index contributed by atoms with van der Waals surface area (Å²) in [5.41, 5.74) is 1.01. The molecule has 2 heterocycles. The van der Waals surface area contributed by atoms with Crippen LogP contribution in [0.5, 0.6) is 0 Å². The lowest BCUT2D eigenvalue weighted by atomic mass is 9.95. The van der Waals surface area contributed by atoms with Gasteiger partial charge in [0, 0.05) is 28.8 Å². The fourth-order valence-electron chi connectivity index (χ4n) is 3.86. The third kappa shape index (κ3) is 3.78. The van der Waals surface area contributed by atoms with Crippen LogP contribution < -0.4 is 0 Å². The van der Waals surface area contributed by atoms with Gasteiger partial charge in [-0.05, 0) is 48.7 Å². The molecule has 1 amide bonds. The molecule has 0 spiro atoms. The standard InChI is InChI=1S/C22H19Cl2NO4/c23-14-9-7-13(8-10-14)20(26)18-19(16-5-1-2-6-17(16)24)25(22(28)21(18)27)12-15-4-3-11-29-15/h1-2,5-10,15,19,26H,3-4,11-12H2/t15-,19+/m0/s1. The molecule has 2 aliphatic heterocycles. The van der Waals surface area contributed by atoms with Gasteiger partial charge < -0.3 is 14.7 Å². The van der Waals surface area contributed by atoms with E-state index >= 15 is 0 Å². The predicted molar refractivity (Wildman–Crippen MR) is 111 cm³/mol. The van der Waals surface area contributed by atoms with Crippen molar-refractivity contribution in [3.8, 4) is 0 Å². The van der Waals surface area contributed by atoms with Crippen LogP contribution in [0.25, 0.3) is 5.76 Å². The number of hydrogen-bond donors (Lipinski definition) is 1. The molecule has 5 nitrogen and oxygen atoms in total. The third-order valence-electron chi connectivity index (χ3n) is 5.28. The van der Waals surface area contributed by atoms with E-state index in [0.29, 0.717) is 27.8 Å². The van der Waals surface area contributed by atoms with Gasteiger partial charge in [0.05, 0.1) is 17.7 Å². The maximum absolute atomic E-state index is 12.9. The lowest BCUT2D eigenvalue weighted by Crippen LogP contribution is -2.36. The van der Waals surface area contributed by atoms with Crippen molar-refractivity contribution >= 4 is 40.7 Å². The molecular weight excluding hydrogens is 413 g/mol. The summed E-state index contributed by atoms with van der Waals surface area (Å²) in [6, 6.07) is 12.7. The Labute approximate surface area is 178 Å². The SMILES string of the molecule is O=C1C(=O)N(C[C@@H]2CCCO2)[C@H](c2ccccc2Cl)C1=C(O)c1ccc(Cl)cc1. The Morgan fingerprint density at radius 1 is 1.10 bits per heavy atom. The number of carbonyl (C=O) groups excluding carboxylic acids is 2. The third-order valence-corrected chi connectivity index (χ3v) is 5.88. The van der Waals surface area contributed by atoms with Crippen molar-refractivity contribution in [3.05, 3.63) is 75.3 Å². The number of aliphatic hydroxyl groups excluding tert-OH is 1.